The molecule has 0 aliphatic carbocycles. The Labute approximate surface area is 133 Å². The first-order valence-corrected chi connectivity index (χ1v) is 6.82. The smallest absolute Gasteiger partial charge is 0.258 e. The van der Waals surface area contributed by atoms with Gasteiger partial charge in [-0.2, -0.15) is 13.2 Å². The number of rotatable bonds is 3. The number of hydrogen-bond donors (Lipinski definition) is 0. The summed E-state index contributed by atoms with van der Waals surface area (Å²) in [5.41, 5.74) is -0.246. The standard InChI is InChI=1S/C15H10F3N3O3/c1-8-2-3-9(7-11(8)15(16,17)18)6-10-4-5-12-13(20-24-19-12)14(10)21(22)23/h2-5,7H,6H2,1H3. The van der Waals surface area contributed by atoms with Crippen molar-refractivity contribution in [1.29, 1.82) is 0 Å². The maximum atomic E-state index is 13.0. The number of hydrogen-bond acceptors (Lipinski definition) is 5. The van der Waals surface area contributed by atoms with Crippen LogP contribution < -0.4 is 0 Å². The van der Waals surface area contributed by atoms with Crippen LogP contribution >= 0.6 is 0 Å². The van der Waals surface area contributed by atoms with E-state index in [-0.39, 0.29) is 34.3 Å². The summed E-state index contributed by atoms with van der Waals surface area (Å²) in [5, 5.41) is 18.4. The molecule has 0 saturated carbocycles. The Bertz CT molecular complexity index is 935. The monoisotopic (exact) mass is 337 g/mol. The third kappa shape index (κ3) is 2.80. The van der Waals surface area contributed by atoms with Gasteiger partial charge in [0.25, 0.3) is 0 Å². The average Bonchev–Trinajstić information content (AvgIpc) is 2.95. The van der Waals surface area contributed by atoms with Gasteiger partial charge in [-0.3, -0.25) is 10.1 Å². The Morgan fingerprint density at radius 3 is 2.62 bits per heavy atom. The third-order valence-corrected chi connectivity index (χ3v) is 3.67. The second-order valence-corrected chi connectivity index (χ2v) is 5.29. The molecule has 0 aliphatic heterocycles. The van der Waals surface area contributed by atoms with E-state index in [2.05, 4.69) is 14.9 Å². The highest BCUT2D eigenvalue weighted by Gasteiger charge is 2.32. The number of nitro benzene ring substituents is 1. The van der Waals surface area contributed by atoms with Crippen LogP contribution in [0.3, 0.4) is 0 Å². The molecule has 9 heteroatoms. The van der Waals surface area contributed by atoms with Crippen molar-refractivity contribution < 1.29 is 22.7 Å². The van der Waals surface area contributed by atoms with Crippen molar-refractivity contribution >= 4 is 16.7 Å². The Morgan fingerprint density at radius 1 is 1.21 bits per heavy atom. The highest BCUT2D eigenvalue weighted by molar-refractivity contribution is 5.85. The molecule has 3 rings (SSSR count). The number of alkyl halides is 3. The van der Waals surface area contributed by atoms with E-state index in [0.717, 1.165) is 6.07 Å². The van der Waals surface area contributed by atoms with E-state index in [9.17, 15) is 23.3 Å². The molecular weight excluding hydrogens is 327 g/mol. The summed E-state index contributed by atoms with van der Waals surface area (Å²) in [5.74, 6) is 0. The molecule has 0 saturated heterocycles. The van der Waals surface area contributed by atoms with E-state index in [0.29, 0.717) is 5.56 Å². The maximum absolute atomic E-state index is 13.0. The molecule has 3 aromatic rings. The molecule has 24 heavy (non-hydrogen) atoms. The maximum Gasteiger partial charge on any atom is 0.416 e. The van der Waals surface area contributed by atoms with Crippen molar-refractivity contribution in [1.82, 2.24) is 10.3 Å². The van der Waals surface area contributed by atoms with Crippen LogP contribution in [0.15, 0.2) is 35.0 Å². The summed E-state index contributed by atoms with van der Waals surface area (Å²) in [6, 6.07) is 6.79. The van der Waals surface area contributed by atoms with Crippen molar-refractivity contribution in [2.75, 3.05) is 0 Å². The van der Waals surface area contributed by atoms with Crippen LogP contribution in [-0.4, -0.2) is 15.2 Å². The molecule has 2 aromatic carbocycles. The molecular formula is C15H10F3N3O3. The number of nitrogens with zero attached hydrogens (tertiary/aromatic N) is 3. The van der Waals surface area contributed by atoms with Crippen LogP contribution in [0.1, 0.15) is 22.3 Å². The average molecular weight is 337 g/mol. The molecule has 0 fully saturated rings. The Kier molecular flexibility index (Phi) is 3.70. The molecule has 0 radical (unpaired) electrons. The Balaban J connectivity index is 2.07. The number of aromatic nitrogens is 2. The molecule has 0 bridgehead atoms. The Hall–Kier alpha value is -2.97. The number of fused-ring (bicyclic) bond motifs is 1. The lowest BCUT2D eigenvalue weighted by Crippen LogP contribution is -2.08. The van der Waals surface area contributed by atoms with E-state index in [4.69, 9.17) is 0 Å². The van der Waals surface area contributed by atoms with Gasteiger partial charge < -0.3 is 0 Å². The lowest BCUT2D eigenvalue weighted by atomic mass is 9.98. The summed E-state index contributed by atoms with van der Waals surface area (Å²) < 4.78 is 43.5. The normalized spacial score (nSPS) is 11.8. The van der Waals surface area contributed by atoms with Crippen molar-refractivity contribution in [2.45, 2.75) is 19.5 Å². The zero-order valence-electron chi connectivity index (χ0n) is 12.3. The van der Waals surface area contributed by atoms with E-state index in [1.807, 2.05) is 0 Å². The highest BCUT2D eigenvalue weighted by Crippen LogP contribution is 2.34. The van der Waals surface area contributed by atoms with Gasteiger partial charge in [0.1, 0.15) is 5.52 Å². The first-order valence-electron chi connectivity index (χ1n) is 6.82. The molecule has 1 aromatic heterocycles. The first-order chi connectivity index (χ1) is 11.3. The van der Waals surface area contributed by atoms with Gasteiger partial charge in [0.05, 0.1) is 10.5 Å². The van der Waals surface area contributed by atoms with Crippen molar-refractivity contribution in [3.63, 3.8) is 0 Å². The quantitative estimate of drug-likeness (QED) is 0.532. The zero-order chi connectivity index (χ0) is 17.5. The molecule has 124 valence electrons. The minimum absolute atomic E-state index is 0.0272. The summed E-state index contributed by atoms with van der Waals surface area (Å²) in [6.07, 6.45) is -4.52. The second kappa shape index (κ2) is 5.59. The van der Waals surface area contributed by atoms with Crippen molar-refractivity contribution in [3.8, 4) is 0 Å². The second-order valence-electron chi connectivity index (χ2n) is 5.29. The van der Waals surface area contributed by atoms with E-state index in [1.54, 1.807) is 0 Å². The van der Waals surface area contributed by atoms with Gasteiger partial charge in [-0.1, -0.05) is 12.1 Å². The summed E-state index contributed by atoms with van der Waals surface area (Å²) in [6.45, 7) is 1.36. The van der Waals surface area contributed by atoms with Crippen LogP contribution in [-0.2, 0) is 12.6 Å². The zero-order valence-corrected chi connectivity index (χ0v) is 12.3. The van der Waals surface area contributed by atoms with E-state index >= 15 is 0 Å². The minimum atomic E-state index is -4.48. The van der Waals surface area contributed by atoms with Crippen LogP contribution in [0, 0.1) is 17.0 Å². The number of benzene rings is 2. The van der Waals surface area contributed by atoms with Crippen molar-refractivity contribution in [2.24, 2.45) is 0 Å². The molecule has 0 atom stereocenters. The molecule has 1 heterocycles. The molecule has 0 N–H and O–H groups in total. The van der Waals surface area contributed by atoms with Crippen LogP contribution in [0.5, 0.6) is 0 Å². The number of halogens is 3. The van der Waals surface area contributed by atoms with Crippen LogP contribution in [0.25, 0.3) is 11.0 Å². The molecule has 6 nitrogen and oxygen atoms in total. The minimum Gasteiger partial charge on any atom is -0.258 e. The molecule has 0 aliphatic rings. The van der Waals surface area contributed by atoms with Gasteiger partial charge in [0.15, 0.2) is 0 Å². The fourth-order valence-electron chi connectivity index (χ4n) is 2.53. The van der Waals surface area contributed by atoms with Gasteiger partial charge >= 0.3 is 11.9 Å². The SMILES string of the molecule is Cc1ccc(Cc2ccc3nonc3c2[N+](=O)[O-])cc1C(F)(F)F. The molecule has 0 amide bonds. The lowest BCUT2D eigenvalue weighted by molar-refractivity contribution is -0.383. The lowest BCUT2D eigenvalue weighted by Gasteiger charge is -2.12. The van der Waals surface area contributed by atoms with Crippen LogP contribution in [0.2, 0.25) is 0 Å². The summed E-state index contributed by atoms with van der Waals surface area (Å²) in [4.78, 5) is 10.7. The predicted octanol–water partition coefficient (Wildman–Crippen LogP) is 4.05. The topological polar surface area (TPSA) is 82.1 Å². The van der Waals surface area contributed by atoms with Gasteiger partial charge in [-0.05, 0) is 46.6 Å². The van der Waals surface area contributed by atoms with Gasteiger partial charge in [-0.25, -0.2) is 4.63 Å². The third-order valence-electron chi connectivity index (χ3n) is 3.67. The van der Waals surface area contributed by atoms with Gasteiger partial charge in [0.2, 0.25) is 5.52 Å². The fraction of sp³-hybridized carbons (Fsp3) is 0.200. The van der Waals surface area contributed by atoms with Crippen LogP contribution in [0.4, 0.5) is 18.9 Å². The molecule has 0 spiro atoms. The van der Waals surface area contributed by atoms with Gasteiger partial charge in [0, 0.05) is 12.0 Å². The predicted molar refractivity (Wildman–Crippen MR) is 77.4 cm³/mol. The number of aryl methyl sites for hydroxylation is 1. The summed E-state index contributed by atoms with van der Waals surface area (Å²) in [7, 11) is 0. The van der Waals surface area contributed by atoms with Crippen molar-refractivity contribution in [3.05, 3.63) is 62.7 Å². The first kappa shape index (κ1) is 15.9. The Morgan fingerprint density at radius 2 is 1.96 bits per heavy atom. The molecule has 0 unspecified atom stereocenters. The largest absolute Gasteiger partial charge is 0.416 e. The van der Waals surface area contributed by atoms with E-state index < -0.39 is 16.7 Å². The number of nitro groups is 1. The fourth-order valence-corrected chi connectivity index (χ4v) is 2.53. The highest BCUT2D eigenvalue weighted by atomic mass is 19.4. The van der Waals surface area contributed by atoms with Gasteiger partial charge in [-0.15, -0.1) is 0 Å². The summed E-state index contributed by atoms with van der Waals surface area (Å²) >= 11 is 0. The van der Waals surface area contributed by atoms with E-state index in [1.165, 1.54) is 31.2 Å².